The highest BCUT2D eigenvalue weighted by atomic mass is 16.3. The SMILES string of the molecule is CCC1=C(C)C(O)(C=CC(C)=CC=O)C(C)(C)CC1=O. The molecule has 0 aromatic rings. The zero-order valence-corrected chi connectivity index (χ0v) is 13.0. The van der Waals surface area contributed by atoms with Crippen LogP contribution in [0.15, 0.2) is 34.9 Å². The lowest BCUT2D eigenvalue weighted by atomic mass is 9.62. The molecule has 0 amide bonds. The third-order valence-electron chi connectivity index (χ3n) is 4.27. The van der Waals surface area contributed by atoms with Crippen molar-refractivity contribution in [2.45, 2.75) is 53.1 Å². The zero-order chi connectivity index (χ0) is 15.6. The summed E-state index contributed by atoms with van der Waals surface area (Å²) >= 11 is 0. The summed E-state index contributed by atoms with van der Waals surface area (Å²) in [4.78, 5) is 22.6. The number of aliphatic hydroxyl groups is 1. The predicted molar refractivity (Wildman–Crippen MR) is 80.3 cm³/mol. The smallest absolute Gasteiger partial charge is 0.159 e. The summed E-state index contributed by atoms with van der Waals surface area (Å²) in [6.07, 6.45) is 6.56. The van der Waals surface area contributed by atoms with Crippen molar-refractivity contribution in [3.63, 3.8) is 0 Å². The average molecular weight is 276 g/mol. The topological polar surface area (TPSA) is 54.4 Å². The van der Waals surface area contributed by atoms with E-state index in [9.17, 15) is 14.7 Å². The van der Waals surface area contributed by atoms with E-state index < -0.39 is 11.0 Å². The molecule has 0 fully saturated rings. The van der Waals surface area contributed by atoms with Gasteiger partial charge in [0.25, 0.3) is 0 Å². The molecule has 0 aromatic carbocycles. The van der Waals surface area contributed by atoms with E-state index in [4.69, 9.17) is 0 Å². The molecule has 0 radical (unpaired) electrons. The molecule has 3 nitrogen and oxygen atoms in total. The molecule has 1 aliphatic carbocycles. The highest BCUT2D eigenvalue weighted by molar-refractivity contribution is 5.98. The lowest BCUT2D eigenvalue weighted by Crippen LogP contribution is -2.49. The maximum absolute atomic E-state index is 12.1. The van der Waals surface area contributed by atoms with Crippen LogP contribution in [0.25, 0.3) is 0 Å². The van der Waals surface area contributed by atoms with Gasteiger partial charge >= 0.3 is 0 Å². The van der Waals surface area contributed by atoms with Crippen LogP contribution in [-0.4, -0.2) is 22.8 Å². The third kappa shape index (κ3) is 2.83. The molecule has 1 unspecified atom stereocenters. The lowest BCUT2D eigenvalue weighted by Gasteiger charge is -2.45. The van der Waals surface area contributed by atoms with E-state index in [1.54, 1.807) is 19.1 Å². The molecule has 20 heavy (non-hydrogen) atoms. The number of carbonyl (C=O) groups is 2. The second-order valence-corrected chi connectivity index (χ2v) is 6.09. The molecule has 0 spiro atoms. The number of aldehydes is 1. The third-order valence-corrected chi connectivity index (χ3v) is 4.27. The molecule has 1 rings (SSSR count). The van der Waals surface area contributed by atoms with Crippen molar-refractivity contribution in [3.8, 4) is 0 Å². The van der Waals surface area contributed by atoms with Crippen molar-refractivity contribution in [1.82, 2.24) is 0 Å². The summed E-state index contributed by atoms with van der Waals surface area (Å²) in [5, 5.41) is 11.1. The van der Waals surface area contributed by atoms with E-state index in [1.165, 1.54) is 6.08 Å². The van der Waals surface area contributed by atoms with Crippen molar-refractivity contribution in [3.05, 3.63) is 34.9 Å². The van der Waals surface area contributed by atoms with Gasteiger partial charge in [-0.3, -0.25) is 9.59 Å². The highest BCUT2D eigenvalue weighted by Crippen LogP contribution is 2.47. The van der Waals surface area contributed by atoms with Gasteiger partial charge in [-0.25, -0.2) is 0 Å². The van der Waals surface area contributed by atoms with Gasteiger partial charge in [0.15, 0.2) is 5.78 Å². The van der Waals surface area contributed by atoms with Crippen molar-refractivity contribution >= 4 is 12.1 Å². The Kier molecular flexibility index (Phi) is 4.87. The Morgan fingerprint density at radius 3 is 2.50 bits per heavy atom. The Balaban J connectivity index is 3.35. The van der Waals surface area contributed by atoms with Crippen LogP contribution in [0, 0.1) is 5.41 Å². The van der Waals surface area contributed by atoms with Gasteiger partial charge in [0.05, 0.1) is 0 Å². The van der Waals surface area contributed by atoms with Gasteiger partial charge in [0.2, 0.25) is 0 Å². The van der Waals surface area contributed by atoms with Crippen molar-refractivity contribution in [1.29, 1.82) is 0 Å². The summed E-state index contributed by atoms with van der Waals surface area (Å²) in [5.41, 5.74) is 0.478. The van der Waals surface area contributed by atoms with Crippen LogP contribution < -0.4 is 0 Å². The minimum Gasteiger partial charge on any atom is -0.381 e. The maximum atomic E-state index is 12.1. The monoisotopic (exact) mass is 276 g/mol. The molecule has 0 heterocycles. The molecule has 0 bridgehead atoms. The number of hydrogen-bond acceptors (Lipinski definition) is 3. The summed E-state index contributed by atoms with van der Waals surface area (Å²) in [6.45, 7) is 9.33. The van der Waals surface area contributed by atoms with Gasteiger partial charge in [-0.1, -0.05) is 26.8 Å². The fraction of sp³-hybridized carbons (Fsp3) is 0.529. The Morgan fingerprint density at radius 1 is 1.40 bits per heavy atom. The zero-order valence-electron chi connectivity index (χ0n) is 13.0. The Morgan fingerprint density at radius 2 is 2.00 bits per heavy atom. The Labute approximate surface area is 121 Å². The molecule has 1 N–H and O–H groups in total. The summed E-state index contributed by atoms with van der Waals surface area (Å²) in [6, 6.07) is 0. The van der Waals surface area contributed by atoms with Gasteiger partial charge < -0.3 is 5.11 Å². The number of rotatable bonds is 4. The minimum absolute atomic E-state index is 0.119. The first-order chi connectivity index (χ1) is 9.19. The number of ketones is 1. The first kappa shape index (κ1) is 16.6. The van der Waals surface area contributed by atoms with Gasteiger partial charge in [0.1, 0.15) is 11.9 Å². The molecule has 0 saturated heterocycles. The summed E-state index contributed by atoms with van der Waals surface area (Å²) in [5.74, 6) is 0.119. The fourth-order valence-corrected chi connectivity index (χ4v) is 2.82. The van der Waals surface area contributed by atoms with Crippen LogP contribution in [0.1, 0.15) is 47.5 Å². The van der Waals surface area contributed by atoms with E-state index in [0.29, 0.717) is 18.4 Å². The molecule has 0 aromatic heterocycles. The minimum atomic E-state index is -1.16. The highest BCUT2D eigenvalue weighted by Gasteiger charge is 2.48. The predicted octanol–water partition coefficient (Wildman–Crippen LogP) is 3.14. The molecule has 1 atom stereocenters. The van der Waals surface area contributed by atoms with Gasteiger partial charge in [-0.15, -0.1) is 0 Å². The molecule has 1 aliphatic rings. The van der Waals surface area contributed by atoms with E-state index in [0.717, 1.165) is 17.4 Å². The second-order valence-electron chi connectivity index (χ2n) is 6.09. The van der Waals surface area contributed by atoms with Crippen LogP contribution in [-0.2, 0) is 9.59 Å². The number of Topliss-reactive ketones (excluding diaryl/α,β-unsaturated/α-hetero) is 1. The first-order valence-corrected chi connectivity index (χ1v) is 6.96. The molecular formula is C17H24O3. The van der Waals surface area contributed by atoms with Crippen molar-refractivity contribution in [2.75, 3.05) is 0 Å². The van der Waals surface area contributed by atoms with Crippen LogP contribution in [0.3, 0.4) is 0 Å². The van der Waals surface area contributed by atoms with Gasteiger partial charge in [-0.2, -0.15) is 0 Å². The Bertz CT molecular complexity index is 506. The van der Waals surface area contributed by atoms with Crippen molar-refractivity contribution < 1.29 is 14.7 Å². The Hall–Kier alpha value is -1.48. The summed E-state index contributed by atoms with van der Waals surface area (Å²) in [7, 11) is 0. The average Bonchev–Trinajstić information content (AvgIpc) is 2.34. The maximum Gasteiger partial charge on any atom is 0.159 e. The largest absolute Gasteiger partial charge is 0.381 e. The van der Waals surface area contributed by atoms with Gasteiger partial charge in [0, 0.05) is 11.8 Å². The van der Waals surface area contributed by atoms with Crippen LogP contribution >= 0.6 is 0 Å². The lowest BCUT2D eigenvalue weighted by molar-refractivity contribution is -0.123. The van der Waals surface area contributed by atoms with Crippen LogP contribution in [0.4, 0.5) is 0 Å². The van der Waals surface area contributed by atoms with Crippen LogP contribution in [0.5, 0.6) is 0 Å². The molecule has 0 aliphatic heterocycles. The van der Waals surface area contributed by atoms with E-state index in [1.807, 2.05) is 27.7 Å². The normalized spacial score (nSPS) is 27.3. The first-order valence-electron chi connectivity index (χ1n) is 6.96. The molecular weight excluding hydrogens is 252 g/mol. The molecule has 0 saturated carbocycles. The number of carbonyl (C=O) groups excluding carboxylic acids is 2. The van der Waals surface area contributed by atoms with Crippen molar-refractivity contribution in [2.24, 2.45) is 5.41 Å². The molecule has 110 valence electrons. The van der Waals surface area contributed by atoms with Gasteiger partial charge in [-0.05, 0) is 49.1 Å². The number of hydrogen-bond donors (Lipinski definition) is 1. The standard InChI is InChI=1S/C17H24O3/c1-6-14-13(3)17(20,9-7-12(2)8-10-18)16(4,5)11-15(14)19/h7-10,20H,6,11H2,1-5H3. The van der Waals surface area contributed by atoms with E-state index in [-0.39, 0.29) is 5.78 Å². The quantitative estimate of drug-likeness (QED) is 0.487. The molecule has 3 heteroatoms. The van der Waals surface area contributed by atoms with E-state index >= 15 is 0 Å². The van der Waals surface area contributed by atoms with E-state index in [2.05, 4.69) is 0 Å². The number of allylic oxidation sites excluding steroid dienone is 4. The second kappa shape index (κ2) is 5.88. The fourth-order valence-electron chi connectivity index (χ4n) is 2.82. The summed E-state index contributed by atoms with van der Waals surface area (Å²) < 4.78 is 0. The van der Waals surface area contributed by atoms with Crippen LogP contribution in [0.2, 0.25) is 0 Å².